The third-order valence-corrected chi connectivity index (χ3v) is 3.88. The molecule has 1 aliphatic heterocycles. The van der Waals surface area contributed by atoms with Crippen LogP contribution in [-0.4, -0.2) is 60.1 Å². The monoisotopic (exact) mass is 294 g/mol. The molecule has 0 atom stereocenters. The van der Waals surface area contributed by atoms with E-state index in [1.165, 1.54) is 12.1 Å². The van der Waals surface area contributed by atoms with Gasteiger partial charge in [0, 0.05) is 38.3 Å². The zero-order chi connectivity index (χ0) is 15.1. The van der Waals surface area contributed by atoms with E-state index < -0.39 is 0 Å². The summed E-state index contributed by atoms with van der Waals surface area (Å²) < 4.78 is 12.9. The first-order chi connectivity index (χ1) is 10.2. The quantitative estimate of drug-likeness (QED) is 0.813. The van der Waals surface area contributed by atoms with Gasteiger partial charge in [0.05, 0.1) is 0 Å². The Morgan fingerprint density at radius 1 is 1.05 bits per heavy atom. The molecule has 0 aliphatic carbocycles. The number of aliphatic hydroxyl groups is 1. The zero-order valence-corrected chi connectivity index (χ0v) is 12.3. The van der Waals surface area contributed by atoms with E-state index in [9.17, 15) is 9.18 Å². The predicted octanol–water partition coefficient (Wildman–Crippen LogP) is 1.75. The standard InChI is InChI=1S/C16H23FN2O2/c17-15-6-4-14(5-7-15)16(21)19-11-9-18(10-12-19)8-2-1-3-13-20/h4-7,20H,1-3,8-13H2. The van der Waals surface area contributed by atoms with Crippen molar-refractivity contribution < 1.29 is 14.3 Å². The number of piperazine rings is 1. The van der Waals surface area contributed by atoms with Crippen LogP contribution in [0.3, 0.4) is 0 Å². The highest BCUT2D eigenvalue weighted by atomic mass is 19.1. The van der Waals surface area contributed by atoms with Crippen LogP contribution in [0.1, 0.15) is 29.6 Å². The van der Waals surface area contributed by atoms with Crippen LogP contribution in [0.15, 0.2) is 24.3 Å². The fourth-order valence-corrected chi connectivity index (χ4v) is 2.57. The highest BCUT2D eigenvalue weighted by Crippen LogP contribution is 2.10. The number of rotatable bonds is 6. The summed E-state index contributed by atoms with van der Waals surface area (Å²) in [6.45, 7) is 4.49. The third-order valence-electron chi connectivity index (χ3n) is 3.88. The van der Waals surface area contributed by atoms with Crippen molar-refractivity contribution in [2.45, 2.75) is 19.3 Å². The Morgan fingerprint density at radius 2 is 1.71 bits per heavy atom. The number of aliphatic hydroxyl groups excluding tert-OH is 1. The van der Waals surface area contributed by atoms with Crippen molar-refractivity contribution in [1.29, 1.82) is 0 Å². The van der Waals surface area contributed by atoms with E-state index >= 15 is 0 Å². The molecule has 1 aromatic carbocycles. The normalized spacial score (nSPS) is 16.2. The summed E-state index contributed by atoms with van der Waals surface area (Å²) in [6.07, 6.45) is 3.00. The van der Waals surface area contributed by atoms with Crippen LogP contribution in [0, 0.1) is 5.82 Å². The van der Waals surface area contributed by atoms with Gasteiger partial charge in [-0.25, -0.2) is 4.39 Å². The van der Waals surface area contributed by atoms with Gasteiger partial charge in [0.25, 0.3) is 5.91 Å². The summed E-state index contributed by atoms with van der Waals surface area (Å²) in [6, 6.07) is 5.73. The second-order valence-corrected chi connectivity index (χ2v) is 5.43. The number of amides is 1. The largest absolute Gasteiger partial charge is 0.396 e. The highest BCUT2D eigenvalue weighted by molar-refractivity contribution is 5.94. The molecule has 1 heterocycles. The molecule has 1 aliphatic rings. The minimum absolute atomic E-state index is 0.0186. The maximum Gasteiger partial charge on any atom is 0.253 e. The zero-order valence-electron chi connectivity index (χ0n) is 12.3. The second-order valence-electron chi connectivity index (χ2n) is 5.43. The van der Waals surface area contributed by atoms with Gasteiger partial charge < -0.3 is 10.0 Å². The second kappa shape index (κ2) is 8.10. The first-order valence-corrected chi connectivity index (χ1v) is 7.59. The van der Waals surface area contributed by atoms with E-state index in [4.69, 9.17) is 5.11 Å². The van der Waals surface area contributed by atoms with E-state index in [2.05, 4.69) is 4.90 Å². The first kappa shape index (κ1) is 15.9. The molecule has 0 bridgehead atoms. The smallest absolute Gasteiger partial charge is 0.253 e. The maximum absolute atomic E-state index is 12.9. The van der Waals surface area contributed by atoms with Gasteiger partial charge in [-0.15, -0.1) is 0 Å². The van der Waals surface area contributed by atoms with Gasteiger partial charge in [-0.1, -0.05) is 0 Å². The van der Waals surface area contributed by atoms with Gasteiger partial charge in [-0.2, -0.15) is 0 Å². The average Bonchev–Trinajstić information content (AvgIpc) is 2.52. The lowest BCUT2D eigenvalue weighted by molar-refractivity contribution is 0.0634. The highest BCUT2D eigenvalue weighted by Gasteiger charge is 2.21. The maximum atomic E-state index is 12.9. The number of nitrogens with zero attached hydrogens (tertiary/aromatic N) is 2. The van der Waals surface area contributed by atoms with E-state index in [-0.39, 0.29) is 18.3 Å². The number of hydrogen-bond acceptors (Lipinski definition) is 3. The minimum Gasteiger partial charge on any atom is -0.396 e. The number of benzene rings is 1. The molecular weight excluding hydrogens is 271 g/mol. The summed E-state index contributed by atoms with van der Waals surface area (Å²) in [5.74, 6) is -0.339. The Balaban J connectivity index is 1.75. The Hall–Kier alpha value is -1.46. The molecule has 21 heavy (non-hydrogen) atoms. The van der Waals surface area contributed by atoms with Crippen LogP contribution >= 0.6 is 0 Å². The van der Waals surface area contributed by atoms with Crippen LogP contribution in [0.2, 0.25) is 0 Å². The average molecular weight is 294 g/mol. The molecule has 1 N–H and O–H groups in total. The fourth-order valence-electron chi connectivity index (χ4n) is 2.57. The molecule has 116 valence electrons. The summed E-state index contributed by atoms with van der Waals surface area (Å²) in [7, 11) is 0. The Bertz CT molecular complexity index is 442. The van der Waals surface area contributed by atoms with Crippen molar-refractivity contribution in [1.82, 2.24) is 9.80 Å². The van der Waals surface area contributed by atoms with Crippen LogP contribution < -0.4 is 0 Å². The predicted molar refractivity (Wildman–Crippen MR) is 79.7 cm³/mol. The number of carbonyl (C=O) groups is 1. The summed E-state index contributed by atoms with van der Waals surface area (Å²) in [5.41, 5.74) is 0.549. The molecule has 1 saturated heterocycles. The van der Waals surface area contributed by atoms with E-state index in [1.54, 1.807) is 12.1 Å². The van der Waals surface area contributed by atoms with Crippen LogP contribution in [-0.2, 0) is 0 Å². The lowest BCUT2D eigenvalue weighted by atomic mass is 10.1. The topological polar surface area (TPSA) is 43.8 Å². The van der Waals surface area contributed by atoms with Gasteiger partial charge in [0.2, 0.25) is 0 Å². The van der Waals surface area contributed by atoms with Gasteiger partial charge in [0.1, 0.15) is 5.82 Å². The van der Waals surface area contributed by atoms with Gasteiger partial charge >= 0.3 is 0 Å². The fraction of sp³-hybridized carbons (Fsp3) is 0.562. The number of halogens is 1. The van der Waals surface area contributed by atoms with Crippen molar-refractivity contribution >= 4 is 5.91 Å². The van der Waals surface area contributed by atoms with Gasteiger partial charge in [0.15, 0.2) is 0 Å². The molecule has 1 amide bonds. The molecular formula is C16H23FN2O2. The van der Waals surface area contributed by atoms with Crippen molar-refractivity contribution in [3.8, 4) is 0 Å². The van der Waals surface area contributed by atoms with Crippen LogP contribution in [0.5, 0.6) is 0 Å². The molecule has 2 rings (SSSR count). The van der Waals surface area contributed by atoms with Crippen molar-refractivity contribution in [3.05, 3.63) is 35.6 Å². The Labute approximate surface area is 125 Å². The van der Waals surface area contributed by atoms with E-state index in [0.717, 1.165) is 52.0 Å². The molecule has 1 aromatic rings. The molecule has 0 aromatic heterocycles. The molecule has 1 fully saturated rings. The van der Waals surface area contributed by atoms with Crippen LogP contribution in [0.4, 0.5) is 4.39 Å². The molecule has 0 saturated carbocycles. The summed E-state index contributed by atoms with van der Waals surface area (Å²) in [4.78, 5) is 16.5. The third kappa shape index (κ3) is 4.79. The van der Waals surface area contributed by atoms with Crippen LogP contribution in [0.25, 0.3) is 0 Å². The molecule has 4 nitrogen and oxygen atoms in total. The van der Waals surface area contributed by atoms with Crippen molar-refractivity contribution in [2.24, 2.45) is 0 Å². The van der Waals surface area contributed by atoms with Gasteiger partial charge in [-0.3, -0.25) is 9.69 Å². The Kier molecular flexibility index (Phi) is 6.14. The SMILES string of the molecule is O=C(c1ccc(F)cc1)N1CCN(CCCCCO)CC1. The van der Waals surface area contributed by atoms with E-state index in [0.29, 0.717) is 5.56 Å². The number of unbranched alkanes of at least 4 members (excludes halogenated alkanes) is 2. The molecule has 5 heteroatoms. The first-order valence-electron chi connectivity index (χ1n) is 7.59. The van der Waals surface area contributed by atoms with Crippen molar-refractivity contribution in [3.63, 3.8) is 0 Å². The number of carbonyl (C=O) groups excluding carboxylic acids is 1. The molecule has 0 spiro atoms. The van der Waals surface area contributed by atoms with Crippen molar-refractivity contribution in [2.75, 3.05) is 39.3 Å². The lowest BCUT2D eigenvalue weighted by Crippen LogP contribution is -2.48. The minimum atomic E-state index is -0.320. The molecule has 0 radical (unpaired) electrons. The lowest BCUT2D eigenvalue weighted by Gasteiger charge is -2.34. The number of hydrogen-bond donors (Lipinski definition) is 1. The van der Waals surface area contributed by atoms with Gasteiger partial charge in [-0.05, 0) is 50.1 Å². The Morgan fingerprint density at radius 3 is 2.33 bits per heavy atom. The summed E-state index contributed by atoms with van der Waals surface area (Å²) >= 11 is 0. The summed E-state index contributed by atoms with van der Waals surface area (Å²) in [5, 5.41) is 8.74. The molecule has 0 unspecified atom stereocenters. The van der Waals surface area contributed by atoms with E-state index in [1.807, 2.05) is 4.90 Å².